The molecule has 0 aliphatic carbocycles. The number of benzene rings is 1. The molecule has 1 atom stereocenters. The summed E-state index contributed by atoms with van der Waals surface area (Å²) in [6, 6.07) is 3.10. The summed E-state index contributed by atoms with van der Waals surface area (Å²) in [7, 11) is 0. The SMILES string of the molecule is O=C(c1c(F)cccc1Cl)N1CCN(C(=O)C2CC(F)(F)CN2)CC1. The zero-order valence-electron chi connectivity index (χ0n) is 13.3. The van der Waals surface area contributed by atoms with Crippen LogP contribution in [0.25, 0.3) is 0 Å². The van der Waals surface area contributed by atoms with E-state index < -0.39 is 42.6 Å². The van der Waals surface area contributed by atoms with Crippen LogP contribution in [0, 0.1) is 5.82 Å². The van der Waals surface area contributed by atoms with Crippen molar-refractivity contribution >= 4 is 23.4 Å². The number of carbonyl (C=O) groups excluding carboxylic acids is 2. The maximum Gasteiger partial charge on any atom is 0.262 e. The lowest BCUT2D eigenvalue weighted by atomic mass is 10.1. The molecule has 0 saturated carbocycles. The van der Waals surface area contributed by atoms with Gasteiger partial charge in [0.2, 0.25) is 5.91 Å². The summed E-state index contributed by atoms with van der Waals surface area (Å²) < 4.78 is 40.3. The summed E-state index contributed by atoms with van der Waals surface area (Å²) in [5.41, 5.74) is -0.193. The number of nitrogens with one attached hydrogen (secondary N) is 1. The molecule has 0 bridgehead atoms. The van der Waals surface area contributed by atoms with E-state index >= 15 is 0 Å². The highest BCUT2D eigenvalue weighted by Gasteiger charge is 2.44. The van der Waals surface area contributed by atoms with Crippen molar-refractivity contribution in [2.75, 3.05) is 32.7 Å². The maximum atomic E-state index is 13.9. The Labute approximate surface area is 147 Å². The van der Waals surface area contributed by atoms with Crippen LogP contribution in [0.5, 0.6) is 0 Å². The second-order valence-electron chi connectivity index (χ2n) is 6.21. The Morgan fingerprint density at radius 1 is 1.16 bits per heavy atom. The third-order valence-corrected chi connectivity index (χ3v) is 4.78. The van der Waals surface area contributed by atoms with Crippen molar-refractivity contribution in [1.82, 2.24) is 15.1 Å². The maximum absolute atomic E-state index is 13.9. The highest BCUT2D eigenvalue weighted by atomic mass is 35.5. The molecule has 2 aliphatic rings. The number of nitrogens with zero attached hydrogens (tertiary/aromatic N) is 2. The molecule has 0 aromatic heterocycles. The molecule has 3 rings (SSSR count). The highest BCUT2D eigenvalue weighted by Crippen LogP contribution is 2.26. The topological polar surface area (TPSA) is 52.7 Å². The van der Waals surface area contributed by atoms with Crippen LogP contribution in [-0.4, -0.2) is 66.3 Å². The summed E-state index contributed by atoms with van der Waals surface area (Å²) in [6.07, 6.45) is -0.518. The predicted octanol–water partition coefficient (Wildman–Crippen LogP) is 1.76. The molecule has 1 unspecified atom stereocenters. The van der Waals surface area contributed by atoms with Crippen molar-refractivity contribution in [3.63, 3.8) is 0 Å². The van der Waals surface area contributed by atoms with E-state index in [1.807, 2.05) is 0 Å². The van der Waals surface area contributed by atoms with E-state index in [-0.39, 0.29) is 36.8 Å². The Kier molecular flexibility index (Phi) is 4.92. The van der Waals surface area contributed by atoms with Gasteiger partial charge in [0.25, 0.3) is 11.8 Å². The molecule has 5 nitrogen and oxygen atoms in total. The van der Waals surface area contributed by atoms with Crippen molar-refractivity contribution in [2.45, 2.75) is 18.4 Å². The Hall–Kier alpha value is -1.80. The number of carbonyl (C=O) groups is 2. The van der Waals surface area contributed by atoms with Gasteiger partial charge < -0.3 is 9.80 Å². The Bertz CT molecular complexity index is 673. The second kappa shape index (κ2) is 6.84. The van der Waals surface area contributed by atoms with E-state index in [1.165, 1.54) is 21.9 Å². The molecule has 1 aromatic carbocycles. The first-order valence-corrected chi connectivity index (χ1v) is 8.29. The lowest BCUT2D eigenvalue weighted by Crippen LogP contribution is -2.54. The average Bonchev–Trinajstić information content (AvgIpc) is 2.94. The number of amides is 2. The first-order valence-electron chi connectivity index (χ1n) is 7.92. The fraction of sp³-hybridized carbons (Fsp3) is 0.500. The van der Waals surface area contributed by atoms with E-state index in [1.54, 1.807) is 0 Å². The number of hydrogen-bond donors (Lipinski definition) is 1. The van der Waals surface area contributed by atoms with E-state index in [0.29, 0.717) is 0 Å². The van der Waals surface area contributed by atoms with Gasteiger partial charge in [0, 0.05) is 32.6 Å². The minimum absolute atomic E-state index is 0.0286. The first-order chi connectivity index (χ1) is 11.8. The van der Waals surface area contributed by atoms with Gasteiger partial charge in [-0.2, -0.15) is 0 Å². The average molecular weight is 376 g/mol. The Balaban J connectivity index is 1.60. The summed E-state index contributed by atoms with van der Waals surface area (Å²) >= 11 is 5.90. The second-order valence-corrected chi connectivity index (χ2v) is 6.61. The zero-order valence-corrected chi connectivity index (χ0v) is 14.0. The number of hydrogen-bond acceptors (Lipinski definition) is 3. The van der Waals surface area contributed by atoms with Crippen LogP contribution in [0.1, 0.15) is 16.8 Å². The highest BCUT2D eigenvalue weighted by molar-refractivity contribution is 6.33. The summed E-state index contributed by atoms with van der Waals surface area (Å²) in [5, 5.41) is 2.56. The number of piperazine rings is 1. The lowest BCUT2D eigenvalue weighted by Gasteiger charge is -2.36. The molecule has 2 aliphatic heterocycles. The molecule has 2 amide bonds. The molecule has 25 heavy (non-hydrogen) atoms. The van der Waals surface area contributed by atoms with Crippen LogP contribution in [0.2, 0.25) is 5.02 Å². The first kappa shape index (κ1) is 18.0. The fourth-order valence-corrected chi connectivity index (χ4v) is 3.34. The quantitative estimate of drug-likeness (QED) is 0.857. The van der Waals surface area contributed by atoms with Gasteiger partial charge in [-0.1, -0.05) is 17.7 Å². The number of alkyl halides is 2. The monoisotopic (exact) mass is 375 g/mol. The van der Waals surface area contributed by atoms with E-state index in [4.69, 9.17) is 11.6 Å². The van der Waals surface area contributed by atoms with E-state index in [0.717, 1.165) is 6.07 Å². The van der Waals surface area contributed by atoms with Gasteiger partial charge in [-0.25, -0.2) is 13.2 Å². The molecule has 2 heterocycles. The van der Waals surface area contributed by atoms with Crippen molar-refractivity contribution in [3.05, 3.63) is 34.6 Å². The van der Waals surface area contributed by atoms with E-state index in [2.05, 4.69) is 5.32 Å². The molecule has 9 heteroatoms. The molecular weight excluding hydrogens is 359 g/mol. The Morgan fingerprint density at radius 2 is 1.80 bits per heavy atom. The van der Waals surface area contributed by atoms with Crippen LogP contribution < -0.4 is 5.32 Å². The minimum Gasteiger partial charge on any atom is -0.338 e. The van der Waals surface area contributed by atoms with Crippen LogP contribution in [-0.2, 0) is 4.79 Å². The molecular formula is C16H17ClF3N3O2. The van der Waals surface area contributed by atoms with Crippen LogP contribution >= 0.6 is 11.6 Å². The lowest BCUT2D eigenvalue weighted by molar-refractivity contribution is -0.135. The fourth-order valence-electron chi connectivity index (χ4n) is 3.10. The Morgan fingerprint density at radius 3 is 2.36 bits per heavy atom. The summed E-state index contributed by atoms with van der Waals surface area (Å²) in [5.74, 6) is -4.51. The van der Waals surface area contributed by atoms with Crippen molar-refractivity contribution in [2.24, 2.45) is 0 Å². The van der Waals surface area contributed by atoms with E-state index in [9.17, 15) is 22.8 Å². The summed E-state index contributed by atoms with van der Waals surface area (Å²) in [4.78, 5) is 27.6. The molecule has 0 radical (unpaired) electrons. The molecule has 2 fully saturated rings. The normalized spacial score (nSPS) is 23.0. The molecule has 1 N–H and O–H groups in total. The van der Waals surface area contributed by atoms with Crippen molar-refractivity contribution in [1.29, 1.82) is 0 Å². The van der Waals surface area contributed by atoms with Gasteiger partial charge in [0.05, 0.1) is 23.2 Å². The van der Waals surface area contributed by atoms with Crippen molar-refractivity contribution in [3.8, 4) is 0 Å². The van der Waals surface area contributed by atoms with Crippen LogP contribution in [0.3, 0.4) is 0 Å². The van der Waals surface area contributed by atoms with Gasteiger partial charge in [0.1, 0.15) is 5.82 Å². The molecule has 0 spiro atoms. The standard InChI is InChI=1S/C16H17ClF3N3O2/c17-10-2-1-3-11(18)13(10)15(25)23-6-4-22(5-7-23)14(24)12-8-16(19,20)9-21-12/h1-3,12,21H,4-9H2. The summed E-state index contributed by atoms with van der Waals surface area (Å²) in [6.45, 7) is 0.297. The number of rotatable bonds is 2. The molecule has 1 aromatic rings. The van der Waals surface area contributed by atoms with Gasteiger partial charge in [0.15, 0.2) is 0 Å². The zero-order chi connectivity index (χ0) is 18.2. The predicted molar refractivity (Wildman–Crippen MR) is 85.2 cm³/mol. The largest absolute Gasteiger partial charge is 0.338 e. The van der Waals surface area contributed by atoms with Gasteiger partial charge >= 0.3 is 0 Å². The molecule has 2 saturated heterocycles. The van der Waals surface area contributed by atoms with Crippen LogP contribution in [0.4, 0.5) is 13.2 Å². The van der Waals surface area contributed by atoms with Gasteiger partial charge in [-0.05, 0) is 12.1 Å². The van der Waals surface area contributed by atoms with Crippen molar-refractivity contribution < 1.29 is 22.8 Å². The minimum atomic E-state index is -2.88. The number of halogens is 4. The third-order valence-electron chi connectivity index (χ3n) is 4.46. The van der Waals surface area contributed by atoms with Crippen LogP contribution in [0.15, 0.2) is 18.2 Å². The van der Waals surface area contributed by atoms with Gasteiger partial charge in [-0.3, -0.25) is 14.9 Å². The smallest absolute Gasteiger partial charge is 0.262 e. The van der Waals surface area contributed by atoms with Gasteiger partial charge in [-0.15, -0.1) is 0 Å². The molecule has 136 valence electrons. The third kappa shape index (κ3) is 3.74.